The molecule has 9 heteroatoms. The van der Waals surface area contributed by atoms with Crippen LogP contribution in [0.15, 0.2) is 35.6 Å². The first-order chi connectivity index (χ1) is 12.1. The molecule has 1 saturated heterocycles. The van der Waals surface area contributed by atoms with Crippen LogP contribution in [0.5, 0.6) is 0 Å². The minimum Gasteiger partial charge on any atom is -0.366 e. The lowest BCUT2D eigenvalue weighted by molar-refractivity contribution is 0.369. The summed E-state index contributed by atoms with van der Waals surface area (Å²) in [7, 11) is 3.68. The van der Waals surface area contributed by atoms with Gasteiger partial charge in [-0.1, -0.05) is 0 Å². The van der Waals surface area contributed by atoms with Gasteiger partial charge >= 0.3 is 0 Å². The van der Waals surface area contributed by atoms with Crippen LogP contribution in [0.3, 0.4) is 0 Å². The van der Waals surface area contributed by atoms with Crippen LogP contribution in [0, 0.1) is 11.6 Å². The second-order valence-electron chi connectivity index (χ2n) is 5.92. The first kappa shape index (κ1) is 20.4. The van der Waals surface area contributed by atoms with Gasteiger partial charge in [0.1, 0.15) is 17.5 Å². The molecule has 1 fully saturated rings. The molecule has 142 valence electrons. The normalized spacial score (nSPS) is 15.0. The molecule has 1 aliphatic rings. The molecular weight excluding hydrogens is 453 g/mol. The molecule has 26 heavy (non-hydrogen) atoms. The van der Waals surface area contributed by atoms with Gasteiger partial charge in [0.15, 0.2) is 5.96 Å². The maximum Gasteiger partial charge on any atom is 0.194 e. The highest BCUT2D eigenvalue weighted by Gasteiger charge is 2.22. The van der Waals surface area contributed by atoms with E-state index in [4.69, 9.17) is 0 Å². The van der Waals surface area contributed by atoms with Crippen molar-refractivity contribution in [2.45, 2.75) is 6.54 Å². The first-order valence-corrected chi connectivity index (χ1v) is 8.20. The molecule has 1 aliphatic heterocycles. The lowest BCUT2D eigenvalue weighted by atomic mass is 10.2. The predicted molar refractivity (Wildman–Crippen MR) is 109 cm³/mol. The van der Waals surface area contributed by atoms with Crippen LogP contribution >= 0.6 is 24.0 Å². The molecule has 0 saturated carbocycles. The second kappa shape index (κ2) is 9.15. The third kappa shape index (κ3) is 4.63. The van der Waals surface area contributed by atoms with E-state index in [1.807, 2.05) is 22.7 Å². The Morgan fingerprint density at radius 2 is 1.96 bits per heavy atom. The van der Waals surface area contributed by atoms with Gasteiger partial charge in [0, 0.05) is 58.7 Å². The molecular formula is C17H23F2IN6. The molecule has 3 rings (SSSR count). The SMILES string of the molecule is CN=C(NCc1nccn1C)N1CCN(c2cc(F)ccc2F)CC1.I. The van der Waals surface area contributed by atoms with E-state index in [1.165, 1.54) is 12.1 Å². The van der Waals surface area contributed by atoms with Gasteiger partial charge in [-0.2, -0.15) is 0 Å². The van der Waals surface area contributed by atoms with E-state index >= 15 is 0 Å². The minimum absolute atomic E-state index is 0. The Labute approximate surface area is 168 Å². The summed E-state index contributed by atoms with van der Waals surface area (Å²) in [6.45, 7) is 3.13. The molecule has 2 aromatic rings. The van der Waals surface area contributed by atoms with E-state index in [0.29, 0.717) is 38.4 Å². The smallest absolute Gasteiger partial charge is 0.194 e. The van der Waals surface area contributed by atoms with E-state index < -0.39 is 11.6 Å². The van der Waals surface area contributed by atoms with Crippen molar-refractivity contribution in [1.29, 1.82) is 0 Å². The summed E-state index contributed by atoms with van der Waals surface area (Å²) in [5.74, 6) is 0.877. The van der Waals surface area contributed by atoms with Gasteiger partial charge in [-0.05, 0) is 12.1 Å². The molecule has 1 N–H and O–H groups in total. The molecule has 6 nitrogen and oxygen atoms in total. The molecule has 0 amide bonds. The summed E-state index contributed by atoms with van der Waals surface area (Å²) in [6.07, 6.45) is 3.65. The molecule has 0 bridgehead atoms. The van der Waals surface area contributed by atoms with Crippen molar-refractivity contribution in [3.05, 3.63) is 48.1 Å². The topological polar surface area (TPSA) is 48.7 Å². The van der Waals surface area contributed by atoms with Crippen molar-refractivity contribution in [2.75, 3.05) is 38.1 Å². The van der Waals surface area contributed by atoms with Gasteiger partial charge in [0.2, 0.25) is 0 Å². The van der Waals surface area contributed by atoms with Crippen molar-refractivity contribution in [3.63, 3.8) is 0 Å². The average molecular weight is 476 g/mol. The molecule has 0 spiro atoms. The number of piperazine rings is 1. The number of aryl methyl sites for hydroxylation is 1. The highest BCUT2D eigenvalue weighted by Crippen LogP contribution is 2.21. The van der Waals surface area contributed by atoms with Gasteiger partial charge in [-0.15, -0.1) is 24.0 Å². The number of guanidine groups is 1. The maximum absolute atomic E-state index is 13.9. The zero-order valence-corrected chi connectivity index (χ0v) is 17.2. The number of imidazole rings is 1. The number of aromatic nitrogens is 2. The van der Waals surface area contributed by atoms with Crippen LogP contribution in [0.1, 0.15) is 5.82 Å². The number of nitrogens with zero attached hydrogens (tertiary/aromatic N) is 5. The summed E-state index contributed by atoms with van der Waals surface area (Å²) >= 11 is 0. The largest absolute Gasteiger partial charge is 0.366 e. The maximum atomic E-state index is 13.9. The molecule has 1 aromatic carbocycles. The third-order valence-electron chi connectivity index (χ3n) is 4.37. The van der Waals surface area contributed by atoms with Crippen molar-refractivity contribution in [3.8, 4) is 0 Å². The fourth-order valence-electron chi connectivity index (χ4n) is 2.94. The summed E-state index contributed by atoms with van der Waals surface area (Å²) in [6, 6.07) is 3.56. The Kier molecular flexibility index (Phi) is 7.18. The predicted octanol–water partition coefficient (Wildman–Crippen LogP) is 2.21. The second-order valence-corrected chi connectivity index (χ2v) is 5.92. The monoisotopic (exact) mass is 476 g/mol. The number of rotatable bonds is 3. The number of hydrogen-bond donors (Lipinski definition) is 1. The Bertz CT molecular complexity index is 755. The number of halogens is 3. The van der Waals surface area contributed by atoms with Crippen LogP contribution in [0.4, 0.5) is 14.5 Å². The van der Waals surface area contributed by atoms with E-state index in [-0.39, 0.29) is 24.0 Å². The van der Waals surface area contributed by atoms with Crippen LogP contribution in [-0.2, 0) is 13.6 Å². The highest BCUT2D eigenvalue weighted by molar-refractivity contribution is 14.0. The van der Waals surface area contributed by atoms with Crippen molar-refractivity contribution in [1.82, 2.24) is 19.8 Å². The van der Waals surface area contributed by atoms with Crippen molar-refractivity contribution >= 4 is 35.6 Å². The van der Waals surface area contributed by atoms with E-state index in [2.05, 4.69) is 20.2 Å². The zero-order valence-electron chi connectivity index (χ0n) is 14.8. The molecule has 0 radical (unpaired) electrons. The van der Waals surface area contributed by atoms with Gasteiger partial charge in [-0.25, -0.2) is 13.8 Å². The number of aliphatic imine (C=N–C) groups is 1. The van der Waals surface area contributed by atoms with Gasteiger partial charge in [0.25, 0.3) is 0 Å². The summed E-state index contributed by atoms with van der Waals surface area (Å²) < 4.78 is 29.3. The van der Waals surface area contributed by atoms with Crippen LogP contribution in [-0.4, -0.2) is 53.6 Å². The minimum atomic E-state index is -0.425. The quantitative estimate of drug-likeness (QED) is 0.420. The number of anilines is 1. The van der Waals surface area contributed by atoms with Crippen molar-refractivity contribution < 1.29 is 8.78 Å². The number of nitrogens with one attached hydrogen (secondary N) is 1. The van der Waals surface area contributed by atoms with Gasteiger partial charge < -0.3 is 19.7 Å². The number of hydrogen-bond acceptors (Lipinski definition) is 3. The Balaban J connectivity index is 0.00000243. The standard InChI is InChI=1S/C17H22F2N6.HI/c1-20-17(22-12-16-21-5-6-23(16)2)25-9-7-24(8-10-25)15-11-13(18)3-4-14(15)19;/h3-6,11H,7-10,12H2,1-2H3,(H,20,22);1H. The Morgan fingerprint density at radius 1 is 1.23 bits per heavy atom. The summed E-state index contributed by atoms with van der Waals surface area (Å²) in [4.78, 5) is 12.6. The molecule has 2 heterocycles. The molecule has 0 atom stereocenters. The molecule has 1 aromatic heterocycles. The fraction of sp³-hybridized carbons (Fsp3) is 0.412. The summed E-state index contributed by atoms with van der Waals surface area (Å²) in [5.41, 5.74) is 0.315. The molecule has 0 aliphatic carbocycles. The van der Waals surface area contributed by atoms with Gasteiger partial charge in [0.05, 0.1) is 12.2 Å². The third-order valence-corrected chi connectivity index (χ3v) is 4.37. The summed E-state index contributed by atoms with van der Waals surface area (Å²) in [5, 5.41) is 3.30. The average Bonchev–Trinajstić information content (AvgIpc) is 3.03. The van der Waals surface area contributed by atoms with Crippen molar-refractivity contribution in [2.24, 2.45) is 12.0 Å². The first-order valence-electron chi connectivity index (χ1n) is 8.20. The highest BCUT2D eigenvalue weighted by atomic mass is 127. The zero-order chi connectivity index (χ0) is 17.8. The number of benzene rings is 1. The molecule has 0 unspecified atom stereocenters. The lowest BCUT2D eigenvalue weighted by Gasteiger charge is -2.37. The van der Waals surface area contributed by atoms with Crippen LogP contribution in [0.25, 0.3) is 0 Å². The van der Waals surface area contributed by atoms with E-state index in [1.54, 1.807) is 13.2 Å². The van der Waals surface area contributed by atoms with E-state index in [9.17, 15) is 8.78 Å². The Morgan fingerprint density at radius 3 is 2.58 bits per heavy atom. The van der Waals surface area contributed by atoms with Crippen LogP contribution in [0.2, 0.25) is 0 Å². The Hall–Kier alpha value is -1.91. The van der Waals surface area contributed by atoms with Gasteiger partial charge in [-0.3, -0.25) is 4.99 Å². The fourth-order valence-corrected chi connectivity index (χ4v) is 2.94. The van der Waals surface area contributed by atoms with E-state index in [0.717, 1.165) is 17.9 Å². The lowest BCUT2D eigenvalue weighted by Crippen LogP contribution is -2.52. The van der Waals surface area contributed by atoms with Crippen LogP contribution < -0.4 is 10.2 Å².